The molecule has 15 heavy (non-hydrogen) atoms. The number of nitrogen functional groups attached to an aromatic ring is 1. The van der Waals surface area contributed by atoms with Crippen LogP contribution in [0.15, 0.2) is 23.1 Å². The van der Waals surface area contributed by atoms with Gasteiger partial charge in [0.15, 0.2) is 0 Å². The third-order valence-corrected chi connectivity index (χ3v) is 2.71. The molecule has 0 spiro atoms. The van der Waals surface area contributed by atoms with Crippen molar-refractivity contribution in [3.8, 4) is 6.07 Å². The lowest BCUT2D eigenvalue weighted by Crippen LogP contribution is -2.09. The molecular weight excluding hydrogens is 239 g/mol. The van der Waals surface area contributed by atoms with Gasteiger partial charge >= 0.3 is 10.2 Å². The molecule has 0 radical (unpaired) electrons. The fourth-order valence-corrected chi connectivity index (χ4v) is 1.84. The maximum atomic E-state index is 12.4. The quantitative estimate of drug-likeness (QED) is 0.603. The van der Waals surface area contributed by atoms with Gasteiger partial charge in [0, 0.05) is 5.69 Å². The van der Waals surface area contributed by atoms with Crippen molar-refractivity contribution in [2.45, 2.75) is 4.90 Å². The van der Waals surface area contributed by atoms with Crippen LogP contribution in [0.25, 0.3) is 0 Å². The second kappa shape index (κ2) is 2.36. The molecule has 8 heteroatoms. The fourth-order valence-electron chi connectivity index (χ4n) is 0.950. The highest BCUT2D eigenvalue weighted by atomic mass is 32.5. The second-order valence-corrected chi connectivity index (χ2v) is 5.21. The first-order valence-corrected chi connectivity index (χ1v) is 5.43. The zero-order valence-electron chi connectivity index (χ0n) is 7.05. The van der Waals surface area contributed by atoms with Crippen molar-refractivity contribution in [2.24, 2.45) is 0 Å². The van der Waals surface area contributed by atoms with Crippen LogP contribution >= 0.6 is 10.2 Å². The number of hydrogen-bond acceptors (Lipinski definition) is 2. The molecule has 0 aliphatic carbocycles. The summed E-state index contributed by atoms with van der Waals surface area (Å²) in [5.41, 5.74) is 3.36. The molecule has 0 heterocycles. The molecule has 0 fully saturated rings. The van der Waals surface area contributed by atoms with Crippen LogP contribution in [0, 0.1) is 11.3 Å². The topological polar surface area (TPSA) is 49.8 Å². The number of halogens is 5. The third kappa shape index (κ3) is 2.50. The summed E-state index contributed by atoms with van der Waals surface area (Å²) in [6, 6.07) is 2.69. The van der Waals surface area contributed by atoms with Crippen molar-refractivity contribution in [2.75, 3.05) is 5.73 Å². The van der Waals surface area contributed by atoms with Crippen LogP contribution in [-0.2, 0) is 0 Å². The van der Waals surface area contributed by atoms with Gasteiger partial charge in [-0.1, -0.05) is 19.4 Å². The number of nitrogens with two attached hydrogens (primary N) is 1. The highest BCUT2D eigenvalue weighted by Gasteiger charge is 2.66. The van der Waals surface area contributed by atoms with Gasteiger partial charge in [-0.05, 0) is 18.2 Å². The van der Waals surface area contributed by atoms with Crippen LogP contribution in [0.3, 0.4) is 0 Å². The standard InChI is InChI=1S/C7H5F5N2S/c8-15(9,10,11,12)7-3-6(14)2-1-5(7)4-13/h1-3H,14H2. The predicted molar refractivity (Wildman–Crippen MR) is 47.0 cm³/mol. The van der Waals surface area contributed by atoms with E-state index in [1.807, 2.05) is 0 Å². The van der Waals surface area contributed by atoms with E-state index in [1.54, 1.807) is 0 Å². The molecule has 0 bridgehead atoms. The number of nitriles is 1. The number of benzene rings is 1. The SMILES string of the molecule is N#Cc1ccc(N)cc1S(F)(F)(F)(F)F. The molecule has 1 aromatic rings. The number of nitrogens with zero attached hydrogens (tertiary/aromatic N) is 1. The monoisotopic (exact) mass is 244 g/mol. The van der Waals surface area contributed by atoms with E-state index in [0.717, 1.165) is 12.1 Å². The van der Waals surface area contributed by atoms with Crippen molar-refractivity contribution in [1.29, 1.82) is 5.26 Å². The number of hydrogen-bond donors (Lipinski definition) is 1. The highest BCUT2D eigenvalue weighted by Crippen LogP contribution is 3.02. The normalized spacial score (nSPS) is 16.3. The van der Waals surface area contributed by atoms with E-state index in [4.69, 9.17) is 11.0 Å². The molecule has 0 aliphatic rings. The summed E-state index contributed by atoms with van der Waals surface area (Å²) in [5, 5.41) is 8.30. The van der Waals surface area contributed by atoms with Crippen LogP contribution in [0.4, 0.5) is 25.1 Å². The summed E-state index contributed by atoms with van der Waals surface area (Å²) in [6.07, 6.45) is 0. The van der Waals surface area contributed by atoms with Crippen LogP contribution < -0.4 is 5.73 Å². The van der Waals surface area contributed by atoms with Crippen molar-refractivity contribution in [3.05, 3.63) is 23.8 Å². The van der Waals surface area contributed by atoms with Crippen molar-refractivity contribution in [3.63, 3.8) is 0 Å². The van der Waals surface area contributed by atoms with Crippen LogP contribution in [0.5, 0.6) is 0 Å². The minimum Gasteiger partial charge on any atom is -0.399 e. The number of rotatable bonds is 1. The smallest absolute Gasteiger partial charge is 0.311 e. The Bertz CT molecular complexity index is 458. The van der Waals surface area contributed by atoms with Gasteiger partial charge in [-0.3, -0.25) is 0 Å². The molecule has 2 N–H and O–H groups in total. The van der Waals surface area contributed by atoms with E-state index in [9.17, 15) is 19.4 Å². The van der Waals surface area contributed by atoms with Gasteiger partial charge in [0.05, 0.1) is 5.56 Å². The Hall–Kier alpha value is -1.49. The zero-order chi connectivity index (χ0) is 12.0. The van der Waals surface area contributed by atoms with E-state index < -0.39 is 26.4 Å². The Balaban J connectivity index is 3.67. The molecule has 0 aromatic heterocycles. The first-order chi connectivity index (χ1) is 6.44. The maximum Gasteiger partial charge on any atom is 0.311 e. The minimum absolute atomic E-state index is 0.0696. The molecule has 0 amide bonds. The minimum atomic E-state index is -9.84. The molecule has 0 unspecified atom stereocenters. The summed E-state index contributed by atoms with van der Waals surface area (Å²) in [7, 11) is -9.84. The molecule has 0 atom stereocenters. The molecule has 2 nitrogen and oxygen atoms in total. The van der Waals surface area contributed by atoms with Gasteiger partial charge in [-0.15, -0.1) is 0 Å². The molecule has 1 rings (SSSR count). The summed E-state index contributed by atoms with van der Waals surface area (Å²) < 4.78 is 61.8. The van der Waals surface area contributed by atoms with E-state index in [1.165, 1.54) is 0 Å². The fraction of sp³-hybridized carbons (Fsp3) is 0. The lowest BCUT2D eigenvalue weighted by atomic mass is 10.2. The Kier molecular flexibility index (Phi) is 1.82. The Labute approximate surface area is 81.8 Å². The van der Waals surface area contributed by atoms with Crippen LogP contribution in [0.2, 0.25) is 0 Å². The molecule has 0 saturated carbocycles. The van der Waals surface area contributed by atoms with Gasteiger partial charge in [0.1, 0.15) is 11.0 Å². The molecule has 1 aromatic carbocycles. The Morgan fingerprint density at radius 3 is 2.07 bits per heavy atom. The first kappa shape index (κ1) is 11.6. The number of anilines is 1. The first-order valence-electron chi connectivity index (χ1n) is 3.48. The van der Waals surface area contributed by atoms with Gasteiger partial charge < -0.3 is 5.73 Å². The van der Waals surface area contributed by atoms with Crippen molar-refractivity contribution >= 4 is 15.9 Å². The van der Waals surface area contributed by atoms with Crippen LogP contribution in [-0.4, -0.2) is 0 Å². The van der Waals surface area contributed by atoms with Crippen LogP contribution in [0.1, 0.15) is 5.56 Å². The lowest BCUT2D eigenvalue weighted by Gasteiger charge is -2.41. The summed E-state index contributed by atoms with van der Waals surface area (Å²) in [6.45, 7) is 0. The van der Waals surface area contributed by atoms with Gasteiger partial charge in [-0.2, -0.15) is 5.26 Å². The summed E-state index contributed by atoms with van der Waals surface area (Å²) in [5.74, 6) is 0. The zero-order valence-corrected chi connectivity index (χ0v) is 7.87. The van der Waals surface area contributed by atoms with E-state index in [2.05, 4.69) is 0 Å². The highest BCUT2D eigenvalue weighted by molar-refractivity contribution is 8.45. The lowest BCUT2D eigenvalue weighted by molar-refractivity contribution is 0.363. The molecule has 0 saturated heterocycles. The Morgan fingerprint density at radius 1 is 1.13 bits per heavy atom. The predicted octanol–water partition coefficient (Wildman–Crippen LogP) is 3.80. The van der Waals surface area contributed by atoms with Gasteiger partial charge in [0.25, 0.3) is 0 Å². The average Bonchev–Trinajstić information content (AvgIpc) is 2.00. The third-order valence-electron chi connectivity index (χ3n) is 1.54. The average molecular weight is 244 g/mol. The molecule has 84 valence electrons. The van der Waals surface area contributed by atoms with E-state index in [0.29, 0.717) is 6.07 Å². The van der Waals surface area contributed by atoms with Gasteiger partial charge in [-0.25, -0.2) is 0 Å². The van der Waals surface area contributed by atoms with E-state index >= 15 is 0 Å². The summed E-state index contributed by atoms with van der Waals surface area (Å²) >= 11 is 0. The van der Waals surface area contributed by atoms with Gasteiger partial charge in [0.2, 0.25) is 0 Å². The second-order valence-electron chi connectivity index (χ2n) is 2.84. The van der Waals surface area contributed by atoms with E-state index in [-0.39, 0.29) is 6.07 Å². The largest absolute Gasteiger partial charge is 0.399 e. The molecule has 0 aliphatic heterocycles. The van der Waals surface area contributed by atoms with Crippen molar-refractivity contribution < 1.29 is 19.4 Å². The maximum absolute atomic E-state index is 12.4. The summed E-state index contributed by atoms with van der Waals surface area (Å²) in [4.78, 5) is -2.24. The van der Waals surface area contributed by atoms with Crippen molar-refractivity contribution in [1.82, 2.24) is 0 Å². The molecular formula is C7H5F5N2S. The Morgan fingerprint density at radius 2 is 1.67 bits per heavy atom.